The number of benzene rings is 1. The number of nitrogens with zero attached hydrogens (tertiary/aromatic N) is 1. The molecule has 2 atom stereocenters. The second-order valence-electron chi connectivity index (χ2n) is 6.71. The summed E-state index contributed by atoms with van der Waals surface area (Å²) in [7, 11) is 0. The van der Waals surface area contributed by atoms with Crippen LogP contribution < -0.4 is 5.32 Å². The second kappa shape index (κ2) is 6.62. The van der Waals surface area contributed by atoms with Crippen molar-refractivity contribution in [3.05, 3.63) is 47.2 Å². The molecule has 122 valence electrons. The fourth-order valence-corrected chi connectivity index (χ4v) is 4.35. The third-order valence-corrected chi connectivity index (χ3v) is 5.54. The fourth-order valence-electron chi connectivity index (χ4n) is 4.02. The molecular formula is C19H24N2OS. The lowest BCUT2D eigenvalue weighted by Gasteiger charge is -2.44. The van der Waals surface area contributed by atoms with Crippen LogP contribution in [-0.4, -0.2) is 29.1 Å². The minimum Gasteiger partial charge on any atom is -0.376 e. The van der Waals surface area contributed by atoms with E-state index < -0.39 is 0 Å². The number of thiocarbonyl (C=S) groups is 1. The maximum atomic E-state index is 5.92. The normalized spacial score (nSPS) is 27.8. The third-order valence-electron chi connectivity index (χ3n) is 5.18. The van der Waals surface area contributed by atoms with E-state index >= 15 is 0 Å². The van der Waals surface area contributed by atoms with E-state index in [9.17, 15) is 0 Å². The van der Waals surface area contributed by atoms with Crippen LogP contribution in [0.1, 0.15) is 50.3 Å². The van der Waals surface area contributed by atoms with Crippen LogP contribution in [0.15, 0.2) is 41.6 Å². The van der Waals surface area contributed by atoms with Gasteiger partial charge >= 0.3 is 0 Å². The molecule has 0 radical (unpaired) electrons. The molecule has 2 aliphatic heterocycles. The Bertz CT molecular complexity index is 607. The Morgan fingerprint density at radius 1 is 1.13 bits per heavy atom. The van der Waals surface area contributed by atoms with Crippen molar-refractivity contribution >= 4 is 17.2 Å². The van der Waals surface area contributed by atoms with Crippen LogP contribution in [0.5, 0.6) is 0 Å². The van der Waals surface area contributed by atoms with Gasteiger partial charge in [0.1, 0.15) is 11.2 Å². The standard InChI is InChI=1S/C19H24N2OS/c23-19-16-10-4-5-11-17(16)21(13-15-9-6-12-22-15)18(20-19)14-7-2-1-3-8-14/h1-3,7-8,15,18H,4-6,9-13H2,(H,20,23)/t15-,18-/m0/s1. The average molecular weight is 328 g/mol. The van der Waals surface area contributed by atoms with Gasteiger partial charge in [0.15, 0.2) is 0 Å². The molecule has 3 nitrogen and oxygen atoms in total. The van der Waals surface area contributed by atoms with Gasteiger partial charge in [-0.3, -0.25) is 0 Å². The summed E-state index contributed by atoms with van der Waals surface area (Å²) in [5.41, 5.74) is 4.12. The minimum absolute atomic E-state index is 0.143. The molecular weight excluding hydrogens is 304 g/mol. The largest absolute Gasteiger partial charge is 0.376 e. The van der Waals surface area contributed by atoms with Crippen LogP contribution in [0.2, 0.25) is 0 Å². The summed E-state index contributed by atoms with van der Waals surface area (Å²) in [5, 5.41) is 3.60. The molecule has 0 aromatic heterocycles. The summed E-state index contributed by atoms with van der Waals surface area (Å²) in [6.07, 6.45) is 7.64. The molecule has 23 heavy (non-hydrogen) atoms. The Balaban J connectivity index is 1.69. The van der Waals surface area contributed by atoms with Crippen LogP contribution in [0.3, 0.4) is 0 Å². The number of allylic oxidation sites excluding steroid dienone is 1. The molecule has 1 aromatic carbocycles. The zero-order chi connectivity index (χ0) is 15.6. The first-order valence-corrected chi connectivity index (χ1v) is 9.20. The van der Waals surface area contributed by atoms with Crippen molar-refractivity contribution in [3.63, 3.8) is 0 Å². The van der Waals surface area contributed by atoms with Gasteiger partial charge in [0.2, 0.25) is 0 Å². The molecule has 1 saturated heterocycles. The highest BCUT2D eigenvalue weighted by Crippen LogP contribution is 2.37. The molecule has 0 saturated carbocycles. The summed E-state index contributed by atoms with van der Waals surface area (Å²) >= 11 is 5.69. The lowest BCUT2D eigenvalue weighted by atomic mass is 9.91. The molecule has 1 aliphatic carbocycles. The zero-order valence-corrected chi connectivity index (χ0v) is 14.3. The highest BCUT2D eigenvalue weighted by molar-refractivity contribution is 7.80. The molecule has 0 spiro atoms. The molecule has 4 heteroatoms. The van der Waals surface area contributed by atoms with E-state index in [1.807, 2.05) is 0 Å². The van der Waals surface area contributed by atoms with Gasteiger partial charge in [-0.15, -0.1) is 0 Å². The molecule has 2 heterocycles. The molecule has 0 amide bonds. The van der Waals surface area contributed by atoms with E-state index in [-0.39, 0.29) is 6.17 Å². The van der Waals surface area contributed by atoms with Crippen LogP contribution in [0, 0.1) is 0 Å². The lowest BCUT2D eigenvalue weighted by Crippen LogP contribution is -2.49. The molecule has 1 fully saturated rings. The van der Waals surface area contributed by atoms with Crippen LogP contribution in [0.25, 0.3) is 0 Å². The monoisotopic (exact) mass is 328 g/mol. The lowest BCUT2D eigenvalue weighted by molar-refractivity contribution is 0.0640. The minimum atomic E-state index is 0.143. The Morgan fingerprint density at radius 3 is 2.74 bits per heavy atom. The third kappa shape index (κ3) is 3.02. The van der Waals surface area contributed by atoms with E-state index in [0.29, 0.717) is 6.10 Å². The Labute approximate surface area is 143 Å². The van der Waals surface area contributed by atoms with Gasteiger partial charge < -0.3 is 15.0 Å². The van der Waals surface area contributed by atoms with Crippen molar-refractivity contribution in [2.45, 2.75) is 50.8 Å². The van der Waals surface area contributed by atoms with Crippen molar-refractivity contribution in [1.82, 2.24) is 10.2 Å². The van der Waals surface area contributed by atoms with E-state index in [1.165, 1.54) is 42.5 Å². The average Bonchev–Trinajstić information content (AvgIpc) is 3.11. The predicted octanol–water partition coefficient (Wildman–Crippen LogP) is 3.92. The van der Waals surface area contributed by atoms with Gasteiger partial charge in [0.25, 0.3) is 0 Å². The van der Waals surface area contributed by atoms with E-state index in [4.69, 9.17) is 17.0 Å². The maximum absolute atomic E-state index is 5.92. The smallest absolute Gasteiger partial charge is 0.126 e. The first-order valence-electron chi connectivity index (χ1n) is 8.79. The Kier molecular flexibility index (Phi) is 4.36. The van der Waals surface area contributed by atoms with Crippen molar-refractivity contribution in [2.24, 2.45) is 0 Å². The van der Waals surface area contributed by atoms with E-state index in [0.717, 1.165) is 31.0 Å². The highest BCUT2D eigenvalue weighted by atomic mass is 32.1. The predicted molar refractivity (Wildman–Crippen MR) is 96.1 cm³/mol. The summed E-state index contributed by atoms with van der Waals surface area (Å²) < 4.78 is 5.92. The first kappa shape index (κ1) is 15.2. The SMILES string of the molecule is S=C1N[C@H](c2ccccc2)N(C[C@@H]2CCCO2)C2=C1CCCC2. The molecule has 1 aromatic rings. The van der Waals surface area contributed by atoms with Crippen molar-refractivity contribution < 1.29 is 4.74 Å². The summed E-state index contributed by atoms with van der Waals surface area (Å²) in [6.45, 7) is 1.88. The summed E-state index contributed by atoms with van der Waals surface area (Å²) in [5.74, 6) is 0. The Hall–Kier alpha value is -1.39. The van der Waals surface area contributed by atoms with Crippen LogP contribution in [-0.2, 0) is 4.74 Å². The van der Waals surface area contributed by atoms with Gasteiger partial charge in [-0.05, 0) is 44.1 Å². The first-order chi connectivity index (χ1) is 11.3. The highest BCUT2D eigenvalue weighted by Gasteiger charge is 2.34. The van der Waals surface area contributed by atoms with Gasteiger partial charge in [-0.1, -0.05) is 42.5 Å². The topological polar surface area (TPSA) is 24.5 Å². The second-order valence-corrected chi connectivity index (χ2v) is 7.11. The summed E-state index contributed by atoms with van der Waals surface area (Å²) in [4.78, 5) is 3.49. The number of hydrogen-bond acceptors (Lipinski definition) is 3. The molecule has 3 aliphatic rings. The maximum Gasteiger partial charge on any atom is 0.126 e. The van der Waals surface area contributed by atoms with Crippen molar-refractivity contribution in [1.29, 1.82) is 0 Å². The number of hydrogen-bond donors (Lipinski definition) is 1. The number of rotatable bonds is 3. The van der Waals surface area contributed by atoms with E-state index in [2.05, 4.69) is 40.5 Å². The number of ether oxygens (including phenoxy) is 1. The van der Waals surface area contributed by atoms with Gasteiger partial charge in [0, 0.05) is 24.4 Å². The van der Waals surface area contributed by atoms with Crippen LogP contribution >= 0.6 is 12.2 Å². The van der Waals surface area contributed by atoms with Gasteiger partial charge in [-0.2, -0.15) is 0 Å². The molecule has 0 unspecified atom stereocenters. The summed E-state index contributed by atoms with van der Waals surface area (Å²) in [6, 6.07) is 10.7. The van der Waals surface area contributed by atoms with E-state index in [1.54, 1.807) is 0 Å². The molecule has 0 bridgehead atoms. The van der Waals surface area contributed by atoms with Crippen molar-refractivity contribution in [3.8, 4) is 0 Å². The van der Waals surface area contributed by atoms with Gasteiger partial charge in [0.05, 0.1) is 6.10 Å². The molecule has 4 rings (SSSR count). The van der Waals surface area contributed by atoms with Crippen molar-refractivity contribution in [2.75, 3.05) is 13.2 Å². The van der Waals surface area contributed by atoms with Gasteiger partial charge in [-0.25, -0.2) is 0 Å². The number of nitrogens with one attached hydrogen (secondary N) is 1. The van der Waals surface area contributed by atoms with Crippen LogP contribution in [0.4, 0.5) is 0 Å². The molecule has 1 N–H and O–H groups in total. The fraction of sp³-hybridized carbons (Fsp3) is 0.526. The quantitative estimate of drug-likeness (QED) is 0.850. The Morgan fingerprint density at radius 2 is 1.96 bits per heavy atom. The zero-order valence-electron chi connectivity index (χ0n) is 13.5.